The first-order chi connectivity index (χ1) is 7.15. The maximum Gasteiger partial charge on any atom is 0.193 e. The SMILES string of the molecule is Cc1cc(NC(N)=NC2CC2)ccc1F. The van der Waals surface area contributed by atoms with E-state index in [2.05, 4.69) is 10.3 Å². The van der Waals surface area contributed by atoms with Crippen LogP contribution < -0.4 is 11.1 Å². The summed E-state index contributed by atoms with van der Waals surface area (Å²) in [5.41, 5.74) is 7.05. The lowest BCUT2D eigenvalue weighted by Crippen LogP contribution is -2.23. The van der Waals surface area contributed by atoms with Crippen molar-refractivity contribution in [3.63, 3.8) is 0 Å². The molecule has 0 aromatic heterocycles. The van der Waals surface area contributed by atoms with Gasteiger partial charge in [0.25, 0.3) is 0 Å². The Kier molecular flexibility index (Phi) is 2.58. The summed E-state index contributed by atoms with van der Waals surface area (Å²) in [5, 5.41) is 2.94. The summed E-state index contributed by atoms with van der Waals surface area (Å²) in [6.07, 6.45) is 2.23. The fourth-order valence-electron chi connectivity index (χ4n) is 1.30. The Morgan fingerprint density at radius 2 is 2.27 bits per heavy atom. The molecule has 4 heteroatoms. The minimum Gasteiger partial charge on any atom is -0.370 e. The van der Waals surface area contributed by atoms with Crippen molar-refractivity contribution in [3.8, 4) is 0 Å². The zero-order chi connectivity index (χ0) is 10.8. The summed E-state index contributed by atoms with van der Waals surface area (Å²) >= 11 is 0. The molecule has 15 heavy (non-hydrogen) atoms. The third-order valence-corrected chi connectivity index (χ3v) is 2.30. The van der Waals surface area contributed by atoms with Crippen LogP contribution in [0.3, 0.4) is 0 Å². The number of hydrogen-bond donors (Lipinski definition) is 2. The van der Waals surface area contributed by atoms with Gasteiger partial charge in [-0.3, -0.25) is 0 Å². The Morgan fingerprint density at radius 1 is 1.53 bits per heavy atom. The van der Waals surface area contributed by atoms with Gasteiger partial charge >= 0.3 is 0 Å². The molecule has 0 aliphatic heterocycles. The normalized spacial score (nSPS) is 16.5. The molecule has 0 heterocycles. The Morgan fingerprint density at radius 3 is 2.87 bits per heavy atom. The molecule has 0 unspecified atom stereocenters. The fourth-order valence-corrected chi connectivity index (χ4v) is 1.30. The summed E-state index contributed by atoms with van der Waals surface area (Å²) in [7, 11) is 0. The molecule has 0 bridgehead atoms. The summed E-state index contributed by atoms with van der Waals surface area (Å²) < 4.78 is 13.0. The molecule has 1 aromatic carbocycles. The van der Waals surface area contributed by atoms with Crippen LogP contribution in [-0.4, -0.2) is 12.0 Å². The van der Waals surface area contributed by atoms with E-state index in [9.17, 15) is 4.39 Å². The molecule has 80 valence electrons. The van der Waals surface area contributed by atoms with Crippen LogP contribution in [-0.2, 0) is 0 Å². The van der Waals surface area contributed by atoms with Crippen molar-refractivity contribution in [2.75, 3.05) is 5.32 Å². The summed E-state index contributed by atoms with van der Waals surface area (Å²) in [5.74, 6) is 0.196. The van der Waals surface area contributed by atoms with Gasteiger partial charge in [-0.25, -0.2) is 9.38 Å². The van der Waals surface area contributed by atoms with Crippen molar-refractivity contribution in [1.82, 2.24) is 0 Å². The zero-order valence-electron chi connectivity index (χ0n) is 8.63. The van der Waals surface area contributed by atoms with Crippen molar-refractivity contribution >= 4 is 11.6 Å². The lowest BCUT2D eigenvalue weighted by Gasteiger charge is -2.06. The van der Waals surface area contributed by atoms with Crippen molar-refractivity contribution in [2.45, 2.75) is 25.8 Å². The van der Waals surface area contributed by atoms with Gasteiger partial charge in [-0.1, -0.05) is 0 Å². The van der Waals surface area contributed by atoms with E-state index in [0.717, 1.165) is 18.5 Å². The molecule has 1 aliphatic rings. The maximum absolute atomic E-state index is 13.0. The molecule has 3 N–H and O–H groups in total. The second-order valence-electron chi connectivity index (χ2n) is 3.83. The van der Waals surface area contributed by atoms with Crippen LogP contribution >= 0.6 is 0 Å². The molecule has 0 amide bonds. The smallest absolute Gasteiger partial charge is 0.193 e. The van der Waals surface area contributed by atoms with Crippen molar-refractivity contribution < 1.29 is 4.39 Å². The lowest BCUT2D eigenvalue weighted by atomic mass is 10.2. The first-order valence-electron chi connectivity index (χ1n) is 5.01. The summed E-state index contributed by atoms with van der Waals surface area (Å²) in [6.45, 7) is 1.72. The standard InChI is InChI=1S/C11H14FN3/c1-7-6-9(4-5-10(7)12)15-11(13)14-8-2-3-8/h4-6,8H,2-3H2,1H3,(H3,13,14,15). The van der Waals surface area contributed by atoms with Gasteiger partial charge in [-0.15, -0.1) is 0 Å². The van der Waals surface area contributed by atoms with Gasteiger partial charge in [0.15, 0.2) is 5.96 Å². The third kappa shape index (κ3) is 2.68. The van der Waals surface area contributed by atoms with Gasteiger partial charge in [0.1, 0.15) is 5.82 Å². The second kappa shape index (κ2) is 3.88. The van der Waals surface area contributed by atoms with Crippen molar-refractivity contribution in [2.24, 2.45) is 10.7 Å². The fraction of sp³-hybridized carbons (Fsp3) is 0.364. The first-order valence-corrected chi connectivity index (χ1v) is 5.01. The van der Waals surface area contributed by atoms with E-state index < -0.39 is 0 Å². The molecule has 0 radical (unpaired) electrons. The Bertz CT molecular complexity index is 397. The number of anilines is 1. The van der Waals surface area contributed by atoms with E-state index in [0.29, 0.717) is 17.6 Å². The van der Waals surface area contributed by atoms with Crippen molar-refractivity contribution in [1.29, 1.82) is 0 Å². The van der Waals surface area contributed by atoms with Gasteiger partial charge < -0.3 is 11.1 Å². The molecule has 1 aromatic rings. The highest BCUT2D eigenvalue weighted by Gasteiger charge is 2.20. The molecule has 3 nitrogen and oxygen atoms in total. The third-order valence-electron chi connectivity index (χ3n) is 2.30. The van der Waals surface area contributed by atoms with Gasteiger partial charge in [0.2, 0.25) is 0 Å². The first kappa shape index (κ1) is 9.96. The number of rotatable bonds is 2. The molecular weight excluding hydrogens is 193 g/mol. The molecule has 0 spiro atoms. The van der Waals surface area contributed by atoms with Crippen LogP contribution in [0.2, 0.25) is 0 Å². The predicted molar refractivity (Wildman–Crippen MR) is 59.4 cm³/mol. The predicted octanol–water partition coefficient (Wildman–Crippen LogP) is 2.02. The van der Waals surface area contributed by atoms with E-state index in [-0.39, 0.29) is 5.82 Å². The minimum atomic E-state index is -0.210. The highest BCUT2D eigenvalue weighted by atomic mass is 19.1. The van der Waals surface area contributed by atoms with Gasteiger partial charge in [-0.05, 0) is 43.5 Å². The average molecular weight is 207 g/mol. The lowest BCUT2D eigenvalue weighted by molar-refractivity contribution is 0.619. The zero-order valence-corrected chi connectivity index (χ0v) is 8.63. The second-order valence-corrected chi connectivity index (χ2v) is 3.83. The molecule has 1 fully saturated rings. The number of hydrogen-bond acceptors (Lipinski definition) is 1. The number of nitrogens with zero attached hydrogens (tertiary/aromatic N) is 1. The van der Waals surface area contributed by atoms with E-state index in [1.165, 1.54) is 6.07 Å². The number of aryl methyl sites for hydroxylation is 1. The van der Waals surface area contributed by atoms with Crippen LogP contribution in [0.1, 0.15) is 18.4 Å². The average Bonchev–Trinajstić information content (AvgIpc) is 2.95. The largest absolute Gasteiger partial charge is 0.370 e. The number of aliphatic imine (C=N–C) groups is 1. The Labute approximate surface area is 88.2 Å². The number of guanidine groups is 1. The summed E-state index contributed by atoms with van der Waals surface area (Å²) in [6, 6.07) is 5.17. The molecule has 1 saturated carbocycles. The number of nitrogens with two attached hydrogens (primary N) is 1. The van der Waals surface area contributed by atoms with Crippen LogP contribution in [0.15, 0.2) is 23.2 Å². The van der Waals surface area contributed by atoms with Crippen LogP contribution in [0, 0.1) is 12.7 Å². The number of benzene rings is 1. The van der Waals surface area contributed by atoms with Gasteiger partial charge in [0.05, 0.1) is 6.04 Å². The summed E-state index contributed by atoms with van der Waals surface area (Å²) in [4.78, 5) is 4.23. The quantitative estimate of drug-likeness (QED) is 0.576. The van der Waals surface area contributed by atoms with Crippen molar-refractivity contribution in [3.05, 3.63) is 29.6 Å². The maximum atomic E-state index is 13.0. The molecular formula is C11H14FN3. The molecule has 1 aliphatic carbocycles. The highest BCUT2D eigenvalue weighted by molar-refractivity contribution is 5.92. The van der Waals surface area contributed by atoms with E-state index >= 15 is 0 Å². The van der Waals surface area contributed by atoms with Gasteiger partial charge in [-0.2, -0.15) is 0 Å². The van der Waals surface area contributed by atoms with Crippen LogP contribution in [0.5, 0.6) is 0 Å². The molecule has 0 atom stereocenters. The number of nitrogens with one attached hydrogen (secondary N) is 1. The van der Waals surface area contributed by atoms with Crippen LogP contribution in [0.25, 0.3) is 0 Å². The Hall–Kier alpha value is -1.58. The molecule has 0 saturated heterocycles. The van der Waals surface area contributed by atoms with E-state index in [1.807, 2.05) is 0 Å². The topological polar surface area (TPSA) is 50.4 Å². The minimum absolute atomic E-state index is 0.210. The van der Waals surface area contributed by atoms with E-state index in [4.69, 9.17) is 5.73 Å². The molecule has 2 rings (SSSR count). The number of halogens is 1. The monoisotopic (exact) mass is 207 g/mol. The van der Waals surface area contributed by atoms with E-state index in [1.54, 1.807) is 19.1 Å². The van der Waals surface area contributed by atoms with Gasteiger partial charge in [0, 0.05) is 5.69 Å². The van der Waals surface area contributed by atoms with Crippen LogP contribution in [0.4, 0.5) is 10.1 Å². The Balaban J connectivity index is 2.06. The highest BCUT2D eigenvalue weighted by Crippen LogP contribution is 2.23.